The van der Waals surface area contributed by atoms with E-state index >= 15 is 0 Å². The van der Waals surface area contributed by atoms with Gasteiger partial charge in [-0.05, 0) is 68.1 Å². The highest BCUT2D eigenvalue weighted by Gasteiger charge is 2.37. The van der Waals surface area contributed by atoms with Crippen LogP contribution in [0, 0.1) is 17.2 Å². The number of ether oxygens (including phenoxy) is 2. The number of nitriles is 1. The predicted molar refractivity (Wildman–Crippen MR) is 124 cm³/mol. The van der Waals surface area contributed by atoms with Crippen LogP contribution in [0.1, 0.15) is 37.8 Å². The second-order valence-corrected chi connectivity index (χ2v) is 8.47. The van der Waals surface area contributed by atoms with E-state index in [9.17, 15) is 5.26 Å². The lowest BCUT2D eigenvalue weighted by Crippen LogP contribution is -2.33. The van der Waals surface area contributed by atoms with E-state index in [4.69, 9.17) is 21.1 Å². The average Bonchev–Trinajstić information content (AvgIpc) is 2.75. The standard InChI is InChI=1S/C25H33ClN2O2/c1-19(2)25(18-27,21-9-6-7-10-22(21)26)14-8-15-28(3)16-13-20-11-12-23(29-4)24(17-20)30-5/h6-7,9-12,17,19H,8,13-16H2,1-5H3. The molecule has 2 aromatic carbocycles. The molecule has 0 saturated carbocycles. The molecule has 30 heavy (non-hydrogen) atoms. The van der Waals surface area contributed by atoms with Crippen molar-refractivity contribution in [3.8, 4) is 17.6 Å². The number of benzene rings is 2. The number of rotatable bonds is 11. The number of nitrogens with zero attached hydrogens (tertiary/aromatic N) is 2. The van der Waals surface area contributed by atoms with Crippen LogP contribution in [0.4, 0.5) is 0 Å². The second kappa shape index (κ2) is 11.2. The lowest BCUT2D eigenvalue weighted by atomic mass is 9.70. The van der Waals surface area contributed by atoms with Crippen molar-refractivity contribution in [1.82, 2.24) is 4.90 Å². The molecule has 0 amide bonds. The van der Waals surface area contributed by atoms with Gasteiger partial charge in [0.25, 0.3) is 0 Å². The molecule has 162 valence electrons. The summed E-state index contributed by atoms with van der Waals surface area (Å²) in [5.41, 5.74) is 1.59. The van der Waals surface area contributed by atoms with Gasteiger partial charge in [-0.2, -0.15) is 5.26 Å². The normalized spacial score (nSPS) is 13.2. The molecule has 4 nitrogen and oxygen atoms in total. The fraction of sp³-hybridized carbons (Fsp3) is 0.480. The summed E-state index contributed by atoms with van der Waals surface area (Å²) >= 11 is 6.46. The van der Waals surface area contributed by atoms with E-state index in [0.29, 0.717) is 5.02 Å². The Morgan fingerprint density at radius 3 is 2.37 bits per heavy atom. The molecular formula is C25H33ClN2O2. The van der Waals surface area contributed by atoms with E-state index in [2.05, 4.69) is 37.9 Å². The first-order valence-electron chi connectivity index (χ1n) is 10.4. The first kappa shape index (κ1) is 24.1. The van der Waals surface area contributed by atoms with Gasteiger partial charge in [0.05, 0.1) is 25.7 Å². The maximum absolute atomic E-state index is 10.1. The second-order valence-electron chi connectivity index (χ2n) is 8.06. The molecule has 0 bridgehead atoms. The molecule has 1 unspecified atom stereocenters. The van der Waals surface area contributed by atoms with E-state index < -0.39 is 5.41 Å². The summed E-state index contributed by atoms with van der Waals surface area (Å²) in [6.07, 6.45) is 2.64. The number of halogens is 1. The van der Waals surface area contributed by atoms with Gasteiger partial charge >= 0.3 is 0 Å². The van der Waals surface area contributed by atoms with E-state index in [1.807, 2.05) is 36.4 Å². The fourth-order valence-corrected chi connectivity index (χ4v) is 4.20. The van der Waals surface area contributed by atoms with Gasteiger partial charge in [-0.1, -0.05) is 49.7 Å². The molecule has 0 heterocycles. The molecular weight excluding hydrogens is 396 g/mol. The lowest BCUT2D eigenvalue weighted by Gasteiger charge is -2.32. The molecule has 0 fully saturated rings. The van der Waals surface area contributed by atoms with Crippen molar-refractivity contribution in [1.29, 1.82) is 5.26 Å². The lowest BCUT2D eigenvalue weighted by molar-refractivity contribution is 0.293. The molecule has 0 aromatic heterocycles. The monoisotopic (exact) mass is 428 g/mol. The predicted octanol–water partition coefficient (Wildman–Crippen LogP) is 5.73. The summed E-state index contributed by atoms with van der Waals surface area (Å²) in [5, 5.41) is 10.8. The highest BCUT2D eigenvalue weighted by molar-refractivity contribution is 6.31. The molecule has 0 aliphatic rings. The van der Waals surface area contributed by atoms with Gasteiger partial charge in [-0.15, -0.1) is 0 Å². The number of likely N-dealkylation sites (N-methyl/N-ethyl adjacent to an activating group) is 1. The van der Waals surface area contributed by atoms with Crippen LogP contribution in [0.25, 0.3) is 0 Å². The molecule has 0 aliphatic heterocycles. The van der Waals surface area contributed by atoms with Crippen LogP contribution in [-0.2, 0) is 11.8 Å². The van der Waals surface area contributed by atoms with Crippen molar-refractivity contribution in [3.05, 3.63) is 58.6 Å². The average molecular weight is 429 g/mol. The first-order valence-corrected chi connectivity index (χ1v) is 10.8. The molecule has 1 atom stereocenters. The minimum atomic E-state index is -0.567. The van der Waals surface area contributed by atoms with E-state index in [0.717, 1.165) is 49.4 Å². The van der Waals surface area contributed by atoms with Crippen molar-refractivity contribution < 1.29 is 9.47 Å². The first-order chi connectivity index (χ1) is 14.4. The van der Waals surface area contributed by atoms with Crippen molar-refractivity contribution in [2.75, 3.05) is 34.4 Å². The third kappa shape index (κ3) is 5.68. The number of methoxy groups -OCH3 is 2. The maximum atomic E-state index is 10.1. The van der Waals surface area contributed by atoms with Crippen LogP contribution in [0.5, 0.6) is 11.5 Å². The molecule has 5 heteroatoms. The van der Waals surface area contributed by atoms with Crippen LogP contribution in [-0.4, -0.2) is 39.3 Å². The highest BCUT2D eigenvalue weighted by atomic mass is 35.5. The van der Waals surface area contributed by atoms with Crippen molar-refractivity contribution in [3.63, 3.8) is 0 Å². The summed E-state index contributed by atoms with van der Waals surface area (Å²) in [7, 11) is 5.43. The third-order valence-corrected chi connectivity index (χ3v) is 6.21. The Morgan fingerprint density at radius 1 is 1.07 bits per heavy atom. The zero-order valence-electron chi connectivity index (χ0n) is 18.7. The van der Waals surface area contributed by atoms with Crippen molar-refractivity contribution in [2.24, 2.45) is 5.92 Å². The van der Waals surface area contributed by atoms with Crippen molar-refractivity contribution in [2.45, 2.75) is 38.5 Å². The Balaban J connectivity index is 1.96. The Kier molecular flexibility index (Phi) is 9.02. The molecule has 2 rings (SSSR count). The van der Waals surface area contributed by atoms with Gasteiger partial charge in [0.15, 0.2) is 11.5 Å². The van der Waals surface area contributed by atoms with Gasteiger partial charge in [-0.3, -0.25) is 0 Å². The van der Waals surface area contributed by atoms with E-state index in [1.54, 1.807) is 14.2 Å². The quantitative estimate of drug-likeness (QED) is 0.458. The zero-order valence-corrected chi connectivity index (χ0v) is 19.5. The topological polar surface area (TPSA) is 45.5 Å². The fourth-order valence-electron chi connectivity index (χ4n) is 3.90. The van der Waals surface area contributed by atoms with Gasteiger partial charge < -0.3 is 14.4 Å². The Labute approximate surface area is 186 Å². The Bertz CT molecular complexity index is 862. The van der Waals surface area contributed by atoms with Gasteiger partial charge in [0.2, 0.25) is 0 Å². The largest absolute Gasteiger partial charge is 0.493 e. The van der Waals surface area contributed by atoms with Crippen LogP contribution in [0.15, 0.2) is 42.5 Å². The van der Waals surface area contributed by atoms with E-state index in [1.165, 1.54) is 5.56 Å². The molecule has 0 aliphatic carbocycles. The summed E-state index contributed by atoms with van der Waals surface area (Å²) in [4.78, 5) is 2.31. The summed E-state index contributed by atoms with van der Waals surface area (Å²) in [5.74, 6) is 1.68. The summed E-state index contributed by atoms with van der Waals surface area (Å²) in [6.45, 7) is 6.07. The molecule has 0 spiro atoms. The number of hydrogen-bond donors (Lipinski definition) is 0. The maximum Gasteiger partial charge on any atom is 0.160 e. The molecule has 2 aromatic rings. The number of hydrogen-bond acceptors (Lipinski definition) is 4. The van der Waals surface area contributed by atoms with Gasteiger partial charge in [0, 0.05) is 11.6 Å². The van der Waals surface area contributed by atoms with Crippen LogP contribution >= 0.6 is 11.6 Å². The van der Waals surface area contributed by atoms with Crippen LogP contribution in [0.3, 0.4) is 0 Å². The van der Waals surface area contributed by atoms with Crippen molar-refractivity contribution >= 4 is 11.6 Å². The summed E-state index contributed by atoms with van der Waals surface area (Å²) in [6, 6.07) is 16.4. The smallest absolute Gasteiger partial charge is 0.160 e. The minimum absolute atomic E-state index is 0.180. The van der Waals surface area contributed by atoms with Gasteiger partial charge in [0.1, 0.15) is 0 Å². The van der Waals surface area contributed by atoms with Crippen LogP contribution < -0.4 is 9.47 Å². The molecule has 0 saturated heterocycles. The van der Waals surface area contributed by atoms with Gasteiger partial charge in [-0.25, -0.2) is 0 Å². The molecule has 0 radical (unpaired) electrons. The Hall–Kier alpha value is -2.22. The third-order valence-electron chi connectivity index (χ3n) is 5.88. The van der Waals surface area contributed by atoms with E-state index in [-0.39, 0.29) is 5.92 Å². The van der Waals surface area contributed by atoms with Crippen LogP contribution in [0.2, 0.25) is 5.02 Å². The highest BCUT2D eigenvalue weighted by Crippen LogP contribution is 2.40. The minimum Gasteiger partial charge on any atom is -0.493 e. The zero-order chi connectivity index (χ0) is 22.1. The SMILES string of the molecule is COc1ccc(CCN(C)CCCC(C#N)(c2ccccc2Cl)C(C)C)cc1OC. The summed E-state index contributed by atoms with van der Waals surface area (Å²) < 4.78 is 10.7. The Morgan fingerprint density at radius 2 is 1.77 bits per heavy atom. The molecule has 0 N–H and O–H groups in total.